The molecule has 9 heteroatoms. The minimum atomic E-state index is -0.360. The molecule has 0 aliphatic carbocycles. The second kappa shape index (κ2) is 5.99. The third kappa shape index (κ3) is 2.67. The van der Waals surface area contributed by atoms with Crippen molar-refractivity contribution in [1.29, 1.82) is 0 Å². The zero-order valence-electron chi connectivity index (χ0n) is 13.1. The van der Waals surface area contributed by atoms with E-state index in [2.05, 4.69) is 14.7 Å². The lowest BCUT2D eigenvalue weighted by atomic mass is 10.0. The smallest absolute Gasteiger partial charge is 0.332 e. The lowest BCUT2D eigenvalue weighted by Gasteiger charge is -2.31. The molecule has 1 N–H and O–H groups in total. The van der Waals surface area contributed by atoms with Gasteiger partial charge in [0.2, 0.25) is 0 Å². The van der Waals surface area contributed by atoms with E-state index in [0.29, 0.717) is 37.1 Å². The summed E-state index contributed by atoms with van der Waals surface area (Å²) in [5, 5.41) is 0. The van der Waals surface area contributed by atoms with Crippen molar-refractivity contribution in [2.45, 2.75) is 18.9 Å². The molecule has 9 nitrogen and oxygen atoms in total. The number of fused-ring (bicyclic) bond motifs is 1. The minimum Gasteiger partial charge on any atom is -0.468 e. The number of aryl methyl sites for hydroxylation is 1. The zero-order valence-corrected chi connectivity index (χ0v) is 13.1. The number of aromatic amines is 1. The van der Waals surface area contributed by atoms with Crippen LogP contribution in [-0.2, 0) is 16.6 Å². The Kier molecular flexibility index (Phi) is 4.03. The van der Waals surface area contributed by atoms with E-state index in [1.165, 1.54) is 22.6 Å². The van der Waals surface area contributed by atoms with Gasteiger partial charge in [-0.15, -0.1) is 0 Å². The van der Waals surface area contributed by atoms with Gasteiger partial charge >= 0.3 is 11.7 Å². The molecular formula is C14H19N5O4. The molecule has 1 aliphatic heterocycles. The fourth-order valence-electron chi connectivity index (χ4n) is 3.06. The molecular weight excluding hydrogens is 302 g/mol. The highest BCUT2D eigenvalue weighted by molar-refractivity contribution is 5.71. The highest BCUT2D eigenvalue weighted by Gasteiger charge is 2.26. The van der Waals surface area contributed by atoms with Crippen molar-refractivity contribution in [2.24, 2.45) is 7.05 Å². The zero-order chi connectivity index (χ0) is 16.6. The number of carbonyl (C=O) groups excluding carboxylic acids is 1. The number of imidazole rings is 1. The number of esters is 1. The number of nitrogens with one attached hydrogen (secondary N) is 1. The van der Waals surface area contributed by atoms with Crippen LogP contribution in [0.4, 0.5) is 0 Å². The first kappa shape index (κ1) is 15.5. The van der Waals surface area contributed by atoms with Crippen LogP contribution in [0, 0.1) is 0 Å². The van der Waals surface area contributed by atoms with Crippen LogP contribution in [-0.4, -0.2) is 56.7 Å². The van der Waals surface area contributed by atoms with Gasteiger partial charge in [0.25, 0.3) is 5.56 Å². The van der Waals surface area contributed by atoms with E-state index in [-0.39, 0.29) is 29.8 Å². The molecule has 3 rings (SSSR count). The molecule has 3 heterocycles. The van der Waals surface area contributed by atoms with Gasteiger partial charge in [-0.1, -0.05) is 0 Å². The molecule has 0 amide bonds. The van der Waals surface area contributed by atoms with Gasteiger partial charge in [0.15, 0.2) is 5.65 Å². The number of carbonyl (C=O) groups is 1. The first-order chi connectivity index (χ1) is 11.0. The Morgan fingerprint density at radius 2 is 2.09 bits per heavy atom. The van der Waals surface area contributed by atoms with Crippen LogP contribution in [0.25, 0.3) is 11.2 Å². The standard InChI is InChI=1S/C14H19N5O4/c1-17-12-11(15-8-16-12)13(21)19(14(17)22)9-3-5-18(6-4-9)7-10(20)23-2/h8-9H,3-7H2,1-2H3,(H,15,16). The van der Waals surface area contributed by atoms with Crippen LogP contribution in [0.15, 0.2) is 15.9 Å². The van der Waals surface area contributed by atoms with Crippen molar-refractivity contribution in [3.05, 3.63) is 27.2 Å². The predicted molar refractivity (Wildman–Crippen MR) is 82.3 cm³/mol. The molecule has 23 heavy (non-hydrogen) atoms. The second-order valence-corrected chi connectivity index (χ2v) is 5.70. The van der Waals surface area contributed by atoms with E-state index in [9.17, 15) is 14.4 Å². The van der Waals surface area contributed by atoms with Gasteiger partial charge in [-0.25, -0.2) is 9.78 Å². The van der Waals surface area contributed by atoms with Gasteiger partial charge in [0.1, 0.15) is 5.52 Å². The maximum absolute atomic E-state index is 12.6. The Balaban J connectivity index is 1.87. The van der Waals surface area contributed by atoms with E-state index in [1.807, 2.05) is 4.90 Å². The number of hydrogen-bond acceptors (Lipinski definition) is 6. The summed E-state index contributed by atoms with van der Waals surface area (Å²) in [6, 6.07) is -0.178. The van der Waals surface area contributed by atoms with Crippen LogP contribution in [0.2, 0.25) is 0 Å². The summed E-state index contributed by atoms with van der Waals surface area (Å²) in [5.74, 6) is -0.282. The molecule has 1 aliphatic rings. The molecule has 2 aromatic heterocycles. The Labute approximate surface area is 131 Å². The maximum Gasteiger partial charge on any atom is 0.332 e. The lowest BCUT2D eigenvalue weighted by Crippen LogP contribution is -2.46. The molecule has 1 saturated heterocycles. The SMILES string of the molecule is COC(=O)CN1CCC(n2c(=O)c3[nH]cnc3n(C)c2=O)CC1. The van der Waals surface area contributed by atoms with Gasteiger partial charge in [-0.2, -0.15) is 0 Å². The summed E-state index contributed by atoms with van der Waals surface area (Å²) in [7, 11) is 2.96. The van der Waals surface area contributed by atoms with Crippen molar-refractivity contribution in [3.8, 4) is 0 Å². The van der Waals surface area contributed by atoms with Gasteiger partial charge in [0, 0.05) is 26.2 Å². The van der Waals surface area contributed by atoms with E-state index in [1.54, 1.807) is 7.05 Å². The number of nitrogens with zero attached hydrogens (tertiary/aromatic N) is 4. The number of rotatable bonds is 3. The Morgan fingerprint density at radius 3 is 2.74 bits per heavy atom. The molecule has 0 aromatic carbocycles. The number of aromatic nitrogens is 4. The highest BCUT2D eigenvalue weighted by Crippen LogP contribution is 2.20. The molecule has 1 fully saturated rings. The summed E-state index contributed by atoms with van der Waals surface area (Å²) in [6.07, 6.45) is 2.67. The molecule has 0 saturated carbocycles. The normalized spacial score (nSPS) is 16.8. The average molecular weight is 321 g/mol. The van der Waals surface area contributed by atoms with E-state index in [0.717, 1.165) is 0 Å². The van der Waals surface area contributed by atoms with Crippen molar-refractivity contribution in [1.82, 2.24) is 24.0 Å². The first-order valence-electron chi connectivity index (χ1n) is 7.46. The van der Waals surface area contributed by atoms with Crippen molar-refractivity contribution >= 4 is 17.1 Å². The van der Waals surface area contributed by atoms with E-state index < -0.39 is 0 Å². The number of ether oxygens (including phenoxy) is 1. The van der Waals surface area contributed by atoms with Gasteiger partial charge in [-0.05, 0) is 12.8 Å². The quantitative estimate of drug-likeness (QED) is 0.745. The number of likely N-dealkylation sites (tertiary alicyclic amines) is 1. The summed E-state index contributed by atoms with van der Waals surface area (Å²) >= 11 is 0. The molecule has 124 valence electrons. The van der Waals surface area contributed by atoms with E-state index in [4.69, 9.17) is 0 Å². The van der Waals surface area contributed by atoms with Crippen molar-refractivity contribution in [2.75, 3.05) is 26.7 Å². The van der Waals surface area contributed by atoms with Gasteiger partial charge in [0.05, 0.1) is 20.0 Å². The van der Waals surface area contributed by atoms with Crippen LogP contribution in [0.5, 0.6) is 0 Å². The summed E-state index contributed by atoms with van der Waals surface area (Å²) in [4.78, 5) is 45.1. The van der Waals surface area contributed by atoms with Crippen molar-refractivity contribution < 1.29 is 9.53 Å². The number of H-pyrrole nitrogens is 1. The molecule has 0 radical (unpaired) electrons. The fourth-order valence-corrected chi connectivity index (χ4v) is 3.06. The highest BCUT2D eigenvalue weighted by atomic mass is 16.5. The Hall–Kier alpha value is -2.42. The van der Waals surface area contributed by atoms with E-state index >= 15 is 0 Å². The molecule has 2 aromatic rings. The van der Waals surface area contributed by atoms with Gasteiger partial charge in [-0.3, -0.25) is 23.6 Å². The topological polar surface area (TPSA) is 102 Å². The van der Waals surface area contributed by atoms with Crippen molar-refractivity contribution in [3.63, 3.8) is 0 Å². The summed E-state index contributed by atoms with van der Waals surface area (Å²) in [6.45, 7) is 1.50. The molecule has 0 spiro atoms. The largest absolute Gasteiger partial charge is 0.468 e. The lowest BCUT2D eigenvalue weighted by molar-refractivity contribution is -0.142. The number of piperidine rings is 1. The third-order valence-electron chi connectivity index (χ3n) is 4.37. The second-order valence-electron chi connectivity index (χ2n) is 5.70. The van der Waals surface area contributed by atoms with Crippen LogP contribution >= 0.6 is 0 Å². The number of hydrogen-bond donors (Lipinski definition) is 1. The number of methoxy groups -OCH3 is 1. The van der Waals surface area contributed by atoms with Gasteiger partial charge < -0.3 is 9.72 Å². The van der Waals surface area contributed by atoms with Crippen LogP contribution in [0.3, 0.4) is 0 Å². The van der Waals surface area contributed by atoms with Crippen LogP contribution < -0.4 is 11.2 Å². The summed E-state index contributed by atoms with van der Waals surface area (Å²) < 4.78 is 7.34. The molecule has 0 bridgehead atoms. The first-order valence-corrected chi connectivity index (χ1v) is 7.46. The average Bonchev–Trinajstić information content (AvgIpc) is 3.04. The minimum absolute atomic E-state index is 0.178. The molecule has 0 unspecified atom stereocenters. The summed E-state index contributed by atoms with van der Waals surface area (Å²) in [5.41, 5.74) is -0.00324. The fraction of sp³-hybridized carbons (Fsp3) is 0.571. The predicted octanol–water partition coefficient (Wildman–Crippen LogP) is -0.767. The Bertz CT molecular complexity index is 841. The van der Waals surface area contributed by atoms with Crippen LogP contribution in [0.1, 0.15) is 18.9 Å². The maximum atomic E-state index is 12.6. The monoisotopic (exact) mass is 321 g/mol. The Morgan fingerprint density at radius 1 is 1.39 bits per heavy atom. The third-order valence-corrected chi connectivity index (χ3v) is 4.37. The molecule has 0 atom stereocenters.